The molecule has 8 heteroatoms. The van der Waals surface area contributed by atoms with Crippen molar-refractivity contribution in [2.75, 3.05) is 40.4 Å². The van der Waals surface area contributed by atoms with Gasteiger partial charge in [0, 0.05) is 0 Å². The molecule has 0 aromatic heterocycles. The highest BCUT2D eigenvalue weighted by Gasteiger charge is 2.20. The van der Waals surface area contributed by atoms with E-state index in [0.717, 1.165) is 23.3 Å². The molecule has 0 heterocycles. The smallest absolute Gasteiger partial charge is 0.265 e. The van der Waals surface area contributed by atoms with Crippen LogP contribution < -0.4 is 9.63 Å². The number of nitrogens with zero attached hydrogens (tertiary/aromatic N) is 1. The Kier molecular flexibility index (Phi) is 19.7. The van der Waals surface area contributed by atoms with Crippen LogP contribution in [-0.4, -0.2) is 61.0 Å². The Labute approximate surface area is 208 Å². The average Bonchev–Trinajstić information content (AvgIpc) is 2.76. The summed E-state index contributed by atoms with van der Waals surface area (Å²) in [7, 11) is 0.00501. The number of aliphatic hydroxyl groups excluding tert-OH is 1. The first-order valence-corrected chi connectivity index (χ1v) is 14.5. The van der Waals surface area contributed by atoms with Gasteiger partial charge >= 0.3 is 0 Å². The van der Waals surface area contributed by atoms with E-state index in [1.54, 1.807) is 0 Å². The third-order valence-corrected chi connectivity index (χ3v) is 6.13. The van der Waals surface area contributed by atoms with E-state index < -0.39 is 13.9 Å². The van der Waals surface area contributed by atoms with Crippen LogP contribution in [0.5, 0.6) is 5.75 Å². The summed E-state index contributed by atoms with van der Waals surface area (Å²) in [6.07, 6.45) is 14.7. The van der Waals surface area contributed by atoms with Gasteiger partial charge in [0.15, 0.2) is 0 Å². The lowest BCUT2D eigenvalue weighted by Gasteiger charge is -2.31. The molecule has 1 aromatic carbocycles. The number of rotatable bonds is 19. The van der Waals surface area contributed by atoms with Crippen molar-refractivity contribution >= 4 is 7.82 Å². The Bertz CT molecular complexity index is 623. The molecule has 2 N–H and O–H groups in total. The number of hydrogen-bond acceptors (Lipinski definition) is 5. The summed E-state index contributed by atoms with van der Waals surface area (Å²) < 4.78 is 19.9. The molecule has 34 heavy (non-hydrogen) atoms. The lowest BCUT2D eigenvalue weighted by atomic mass is 10.1. The van der Waals surface area contributed by atoms with Crippen LogP contribution in [0, 0.1) is 0 Å². The fourth-order valence-corrected chi connectivity index (χ4v) is 4.12. The van der Waals surface area contributed by atoms with Crippen LogP contribution in [0.2, 0.25) is 0 Å². The van der Waals surface area contributed by atoms with E-state index >= 15 is 0 Å². The summed E-state index contributed by atoms with van der Waals surface area (Å²) in [5.74, 6) is 0.826. The van der Waals surface area contributed by atoms with Crippen molar-refractivity contribution in [1.29, 1.82) is 0 Å². The summed E-state index contributed by atoms with van der Waals surface area (Å²) in [6, 6.07) is 9.73. The molecular formula is C26H50NO6P. The Balaban J connectivity index is 0.00000135. The van der Waals surface area contributed by atoms with Crippen LogP contribution in [0.4, 0.5) is 0 Å². The normalized spacial score (nSPS) is 14.1. The zero-order valence-corrected chi connectivity index (χ0v) is 22.9. The molecule has 0 saturated heterocycles. The number of para-hydroxylation sites is 1. The van der Waals surface area contributed by atoms with Crippen LogP contribution in [0.15, 0.2) is 30.3 Å². The maximum atomic E-state index is 10.3. The summed E-state index contributed by atoms with van der Waals surface area (Å²) in [6.45, 7) is 5.96. The van der Waals surface area contributed by atoms with Crippen LogP contribution >= 0.6 is 7.82 Å². The molecule has 0 aliphatic rings. The number of phosphoric acid groups is 1. The zero-order valence-electron chi connectivity index (χ0n) is 22.0. The molecule has 0 saturated carbocycles. The van der Waals surface area contributed by atoms with E-state index in [-0.39, 0.29) is 6.61 Å². The second-order valence-electron chi connectivity index (χ2n) is 9.54. The van der Waals surface area contributed by atoms with Crippen LogP contribution in [-0.2, 0) is 9.09 Å². The third-order valence-electron chi connectivity index (χ3n) is 5.55. The van der Waals surface area contributed by atoms with Gasteiger partial charge in [-0.1, -0.05) is 82.9 Å². The minimum atomic E-state index is -4.42. The van der Waals surface area contributed by atoms with Crippen molar-refractivity contribution in [2.45, 2.75) is 90.6 Å². The van der Waals surface area contributed by atoms with Gasteiger partial charge in [0.2, 0.25) is 0 Å². The number of likely N-dealkylation sites (N-methyl/N-ethyl adjacent to an activating group) is 1. The number of aliphatic hydroxyl groups is 1. The van der Waals surface area contributed by atoms with E-state index in [1.165, 1.54) is 77.6 Å². The van der Waals surface area contributed by atoms with Crippen molar-refractivity contribution in [2.24, 2.45) is 0 Å². The minimum absolute atomic E-state index is 0.0166. The third kappa shape index (κ3) is 22.8. The minimum Gasteiger partial charge on any atom is -0.756 e. The highest BCUT2D eigenvalue weighted by atomic mass is 31.2. The van der Waals surface area contributed by atoms with E-state index in [9.17, 15) is 14.6 Å². The van der Waals surface area contributed by atoms with Gasteiger partial charge in [-0.2, -0.15) is 0 Å². The molecule has 0 amide bonds. The van der Waals surface area contributed by atoms with Crippen molar-refractivity contribution in [3.05, 3.63) is 30.3 Å². The van der Waals surface area contributed by atoms with Gasteiger partial charge in [-0.05, 0) is 31.9 Å². The van der Waals surface area contributed by atoms with Gasteiger partial charge in [0.1, 0.15) is 25.0 Å². The Hall–Kier alpha value is -0.950. The molecule has 1 aromatic rings. The Morgan fingerprint density at radius 2 is 1.41 bits per heavy atom. The largest absolute Gasteiger partial charge is 0.756 e. The summed E-state index contributed by atoms with van der Waals surface area (Å²) in [5, 5.41) is 10.3. The molecule has 0 spiro atoms. The number of benzene rings is 1. The number of ether oxygens (including phenoxy) is 1. The molecule has 1 rings (SSSR count). The summed E-state index contributed by atoms with van der Waals surface area (Å²) in [4.78, 5) is 17.4. The van der Waals surface area contributed by atoms with E-state index in [2.05, 4.69) is 25.5 Å². The van der Waals surface area contributed by atoms with Gasteiger partial charge in [-0.3, -0.25) is 4.57 Å². The van der Waals surface area contributed by atoms with Crippen LogP contribution in [0.1, 0.15) is 84.5 Å². The van der Waals surface area contributed by atoms with E-state index in [0.29, 0.717) is 6.61 Å². The van der Waals surface area contributed by atoms with Crippen molar-refractivity contribution < 1.29 is 33.2 Å². The predicted molar refractivity (Wildman–Crippen MR) is 138 cm³/mol. The number of hydrogen-bond donors (Lipinski definition) is 2. The molecular weight excluding hydrogens is 453 g/mol. The topological polar surface area (TPSA) is 99.0 Å². The van der Waals surface area contributed by atoms with Crippen LogP contribution in [0.25, 0.3) is 0 Å². The Morgan fingerprint density at radius 3 is 1.85 bits per heavy atom. The highest BCUT2D eigenvalue weighted by molar-refractivity contribution is 7.44. The Morgan fingerprint density at radius 1 is 0.912 bits per heavy atom. The van der Waals surface area contributed by atoms with E-state index in [1.807, 2.05) is 30.3 Å². The van der Waals surface area contributed by atoms with Gasteiger partial charge in [0.25, 0.3) is 7.82 Å². The molecule has 0 fully saturated rings. The zero-order chi connectivity index (χ0) is 25.7. The summed E-state index contributed by atoms with van der Waals surface area (Å²) in [5.41, 5.74) is 0. The monoisotopic (exact) mass is 503 g/mol. The quantitative estimate of drug-likeness (QED) is 0.151. The molecule has 2 unspecified atom stereocenters. The molecule has 2 atom stereocenters. The SMILES string of the molecule is CCCCCCCCCCCCC[N+](C)(C)CC(O)COc1ccccc1.CCOP(=O)([O-])O. The maximum Gasteiger partial charge on any atom is 0.265 e. The highest BCUT2D eigenvalue weighted by Crippen LogP contribution is 2.29. The number of phosphoric ester groups is 1. The summed E-state index contributed by atoms with van der Waals surface area (Å²) >= 11 is 0. The van der Waals surface area contributed by atoms with Crippen LogP contribution in [0.3, 0.4) is 0 Å². The lowest BCUT2D eigenvalue weighted by Crippen LogP contribution is -2.47. The van der Waals surface area contributed by atoms with Crippen molar-refractivity contribution in [3.8, 4) is 5.75 Å². The molecule has 200 valence electrons. The fourth-order valence-electron chi connectivity index (χ4n) is 3.79. The van der Waals surface area contributed by atoms with Crippen molar-refractivity contribution in [1.82, 2.24) is 0 Å². The average molecular weight is 504 g/mol. The van der Waals surface area contributed by atoms with Gasteiger partial charge in [-0.15, -0.1) is 0 Å². The lowest BCUT2D eigenvalue weighted by molar-refractivity contribution is -0.893. The first kappa shape index (κ1) is 33.0. The number of quaternary nitrogens is 1. The first-order chi connectivity index (χ1) is 16.1. The van der Waals surface area contributed by atoms with Crippen molar-refractivity contribution in [3.63, 3.8) is 0 Å². The molecule has 7 nitrogen and oxygen atoms in total. The second-order valence-corrected chi connectivity index (χ2v) is 10.7. The molecule has 0 aliphatic heterocycles. The fraction of sp³-hybridized carbons (Fsp3) is 0.769. The number of unbranched alkanes of at least 4 members (excludes halogenated alkanes) is 10. The molecule has 0 radical (unpaired) electrons. The molecule has 0 bridgehead atoms. The predicted octanol–water partition coefficient (Wildman–Crippen LogP) is 5.30. The second kappa shape index (κ2) is 20.3. The standard InChI is InChI=1S/C24H44NO2.C2H7O4P/c1-4-5-6-7-8-9-10-11-12-13-17-20-25(2,3)21-23(26)22-27-24-18-15-14-16-19-24;1-2-6-7(3,4)5/h14-16,18-19,23,26H,4-13,17,20-22H2,1-3H3;2H2,1H3,(H2,3,4,5)/q+1;/p-1. The maximum absolute atomic E-state index is 10.3. The first-order valence-electron chi connectivity index (χ1n) is 13.0. The van der Waals surface area contributed by atoms with Gasteiger partial charge in [-0.25, -0.2) is 0 Å². The molecule has 0 aliphatic carbocycles. The van der Waals surface area contributed by atoms with E-state index in [4.69, 9.17) is 9.63 Å². The van der Waals surface area contributed by atoms with Gasteiger partial charge < -0.3 is 28.6 Å². The van der Waals surface area contributed by atoms with Gasteiger partial charge in [0.05, 0.1) is 27.2 Å².